The second kappa shape index (κ2) is 8.16. The standard InChI is InChI=1S/C17H27BrN2O/c1-3-19-13(2)16-7-6-15(18)11-17(16)20-9-4-5-14(12-20)8-10-21/h6-7,11,13-14,19,21H,3-5,8-10,12H2,1-2H3. The number of aliphatic hydroxyl groups is 1. The summed E-state index contributed by atoms with van der Waals surface area (Å²) in [4.78, 5) is 2.50. The smallest absolute Gasteiger partial charge is 0.0434 e. The molecule has 118 valence electrons. The number of rotatable bonds is 6. The van der Waals surface area contributed by atoms with Crippen molar-refractivity contribution in [3.8, 4) is 0 Å². The van der Waals surface area contributed by atoms with Crippen LogP contribution < -0.4 is 10.2 Å². The maximum atomic E-state index is 9.20. The minimum atomic E-state index is 0.303. The summed E-state index contributed by atoms with van der Waals surface area (Å²) in [5.74, 6) is 0.616. The molecular formula is C17H27BrN2O. The monoisotopic (exact) mass is 354 g/mol. The first-order valence-electron chi connectivity index (χ1n) is 8.04. The van der Waals surface area contributed by atoms with Crippen LogP contribution >= 0.6 is 15.9 Å². The Morgan fingerprint density at radius 3 is 3.00 bits per heavy atom. The van der Waals surface area contributed by atoms with E-state index in [1.165, 1.54) is 24.1 Å². The zero-order valence-electron chi connectivity index (χ0n) is 13.1. The maximum Gasteiger partial charge on any atom is 0.0434 e. The third-order valence-electron chi connectivity index (χ3n) is 4.37. The molecule has 2 atom stereocenters. The summed E-state index contributed by atoms with van der Waals surface area (Å²) in [6, 6.07) is 6.95. The van der Waals surface area contributed by atoms with Gasteiger partial charge >= 0.3 is 0 Å². The maximum absolute atomic E-state index is 9.20. The van der Waals surface area contributed by atoms with Crippen LogP contribution in [0.4, 0.5) is 5.69 Å². The van der Waals surface area contributed by atoms with Crippen LogP contribution in [0.1, 0.15) is 44.7 Å². The highest BCUT2D eigenvalue weighted by Crippen LogP contribution is 2.33. The number of hydrogen-bond donors (Lipinski definition) is 2. The molecule has 1 aromatic carbocycles. The van der Waals surface area contributed by atoms with Gasteiger partial charge in [-0.3, -0.25) is 0 Å². The van der Waals surface area contributed by atoms with Crippen LogP contribution in [-0.2, 0) is 0 Å². The van der Waals surface area contributed by atoms with Crippen molar-refractivity contribution < 1.29 is 5.11 Å². The van der Waals surface area contributed by atoms with Gasteiger partial charge in [0, 0.05) is 35.9 Å². The quantitative estimate of drug-likeness (QED) is 0.817. The third kappa shape index (κ3) is 4.44. The van der Waals surface area contributed by atoms with E-state index in [2.05, 4.69) is 58.2 Å². The summed E-state index contributed by atoms with van der Waals surface area (Å²) < 4.78 is 1.13. The largest absolute Gasteiger partial charge is 0.396 e. The van der Waals surface area contributed by atoms with Gasteiger partial charge in [-0.1, -0.05) is 28.9 Å². The number of benzene rings is 1. The van der Waals surface area contributed by atoms with Gasteiger partial charge in [0.1, 0.15) is 0 Å². The molecule has 0 aliphatic carbocycles. The van der Waals surface area contributed by atoms with Crippen molar-refractivity contribution in [3.63, 3.8) is 0 Å². The molecule has 1 aromatic rings. The summed E-state index contributed by atoms with van der Waals surface area (Å²) in [5, 5.41) is 12.7. The number of piperidine rings is 1. The van der Waals surface area contributed by atoms with Crippen LogP contribution in [0.5, 0.6) is 0 Å². The summed E-state index contributed by atoms with van der Waals surface area (Å²) in [6.07, 6.45) is 3.37. The number of hydrogen-bond acceptors (Lipinski definition) is 3. The Labute approximate surface area is 136 Å². The van der Waals surface area contributed by atoms with E-state index in [1.54, 1.807) is 0 Å². The number of nitrogens with zero attached hydrogens (tertiary/aromatic N) is 1. The van der Waals surface area contributed by atoms with Crippen LogP contribution in [0.2, 0.25) is 0 Å². The molecule has 1 fully saturated rings. The van der Waals surface area contributed by atoms with Crippen molar-refractivity contribution in [2.45, 2.75) is 39.2 Å². The van der Waals surface area contributed by atoms with Gasteiger partial charge in [0.25, 0.3) is 0 Å². The first kappa shape index (κ1) is 16.8. The highest BCUT2D eigenvalue weighted by molar-refractivity contribution is 9.10. The fraction of sp³-hybridized carbons (Fsp3) is 0.647. The van der Waals surface area contributed by atoms with Gasteiger partial charge in [-0.25, -0.2) is 0 Å². The second-order valence-corrected chi connectivity index (χ2v) is 6.86. The minimum Gasteiger partial charge on any atom is -0.396 e. The molecule has 0 spiro atoms. The minimum absolute atomic E-state index is 0.303. The van der Waals surface area contributed by atoms with Crippen LogP contribution in [0.15, 0.2) is 22.7 Å². The van der Waals surface area contributed by atoms with E-state index >= 15 is 0 Å². The number of aliphatic hydroxyl groups excluding tert-OH is 1. The van der Waals surface area contributed by atoms with E-state index in [0.29, 0.717) is 18.6 Å². The van der Waals surface area contributed by atoms with E-state index in [1.807, 2.05) is 0 Å². The lowest BCUT2D eigenvalue weighted by atomic mass is 9.93. The highest BCUT2D eigenvalue weighted by Gasteiger charge is 2.23. The molecule has 0 amide bonds. The van der Waals surface area contributed by atoms with E-state index < -0.39 is 0 Å². The Morgan fingerprint density at radius 2 is 2.29 bits per heavy atom. The van der Waals surface area contributed by atoms with Gasteiger partial charge in [0.15, 0.2) is 0 Å². The van der Waals surface area contributed by atoms with Crippen molar-refractivity contribution in [2.24, 2.45) is 5.92 Å². The lowest BCUT2D eigenvalue weighted by Gasteiger charge is -2.36. The van der Waals surface area contributed by atoms with E-state index in [4.69, 9.17) is 0 Å². The van der Waals surface area contributed by atoms with Gasteiger partial charge in [0.2, 0.25) is 0 Å². The Balaban J connectivity index is 2.22. The van der Waals surface area contributed by atoms with Crippen LogP contribution in [-0.4, -0.2) is 31.3 Å². The van der Waals surface area contributed by atoms with Crippen molar-refractivity contribution >= 4 is 21.6 Å². The predicted octanol–water partition coefficient (Wildman–Crippen LogP) is 3.72. The Hall–Kier alpha value is -0.580. The third-order valence-corrected chi connectivity index (χ3v) is 4.86. The molecule has 0 saturated carbocycles. The molecule has 3 nitrogen and oxygen atoms in total. The summed E-state index contributed by atoms with van der Waals surface area (Å²) in [7, 11) is 0. The van der Waals surface area contributed by atoms with Crippen LogP contribution in [0.25, 0.3) is 0 Å². The van der Waals surface area contributed by atoms with Crippen LogP contribution in [0, 0.1) is 5.92 Å². The molecule has 1 heterocycles. The predicted molar refractivity (Wildman–Crippen MR) is 92.9 cm³/mol. The number of nitrogens with one attached hydrogen (secondary N) is 1. The highest BCUT2D eigenvalue weighted by atomic mass is 79.9. The summed E-state index contributed by atoms with van der Waals surface area (Å²) in [6.45, 7) is 7.83. The van der Waals surface area contributed by atoms with Gasteiger partial charge < -0.3 is 15.3 Å². The molecule has 21 heavy (non-hydrogen) atoms. The first-order chi connectivity index (χ1) is 10.2. The van der Waals surface area contributed by atoms with Crippen molar-refractivity contribution in [3.05, 3.63) is 28.2 Å². The lowest BCUT2D eigenvalue weighted by molar-refractivity contribution is 0.244. The van der Waals surface area contributed by atoms with Crippen molar-refractivity contribution in [1.29, 1.82) is 0 Å². The Kier molecular flexibility index (Phi) is 6.52. The van der Waals surface area contributed by atoms with Crippen LogP contribution in [0.3, 0.4) is 0 Å². The summed E-state index contributed by atoms with van der Waals surface area (Å²) >= 11 is 3.61. The van der Waals surface area contributed by atoms with Gasteiger partial charge in [-0.2, -0.15) is 0 Å². The molecule has 0 bridgehead atoms. The van der Waals surface area contributed by atoms with E-state index in [0.717, 1.165) is 30.5 Å². The fourth-order valence-electron chi connectivity index (χ4n) is 3.28. The lowest BCUT2D eigenvalue weighted by Crippen LogP contribution is -2.37. The van der Waals surface area contributed by atoms with Gasteiger partial charge in [0.05, 0.1) is 0 Å². The second-order valence-electron chi connectivity index (χ2n) is 5.95. The SMILES string of the molecule is CCNC(C)c1ccc(Br)cc1N1CCCC(CCO)C1. The molecule has 1 saturated heterocycles. The summed E-state index contributed by atoms with van der Waals surface area (Å²) in [5.41, 5.74) is 2.70. The topological polar surface area (TPSA) is 35.5 Å². The van der Waals surface area contributed by atoms with Crippen molar-refractivity contribution in [1.82, 2.24) is 5.32 Å². The Bertz CT molecular complexity index is 450. The van der Waals surface area contributed by atoms with Gasteiger partial charge in [-0.15, -0.1) is 0 Å². The number of halogens is 1. The van der Waals surface area contributed by atoms with E-state index in [9.17, 15) is 5.11 Å². The average Bonchev–Trinajstić information content (AvgIpc) is 2.48. The molecule has 0 aromatic heterocycles. The zero-order valence-corrected chi connectivity index (χ0v) is 14.7. The molecule has 4 heteroatoms. The number of anilines is 1. The average molecular weight is 355 g/mol. The molecule has 2 N–H and O–H groups in total. The zero-order chi connectivity index (χ0) is 15.2. The van der Waals surface area contributed by atoms with E-state index in [-0.39, 0.29) is 0 Å². The normalized spacial score (nSPS) is 20.6. The molecule has 1 aliphatic rings. The fourth-order valence-corrected chi connectivity index (χ4v) is 3.62. The molecule has 1 aliphatic heterocycles. The Morgan fingerprint density at radius 1 is 1.48 bits per heavy atom. The van der Waals surface area contributed by atoms with Gasteiger partial charge in [-0.05, 0) is 56.3 Å². The molecule has 0 radical (unpaired) electrons. The first-order valence-corrected chi connectivity index (χ1v) is 8.83. The molecule has 2 unspecified atom stereocenters. The van der Waals surface area contributed by atoms with Crippen molar-refractivity contribution in [2.75, 3.05) is 31.1 Å². The molecular weight excluding hydrogens is 328 g/mol. The molecule has 2 rings (SSSR count).